The van der Waals surface area contributed by atoms with Crippen molar-refractivity contribution < 1.29 is 9.53 Å². The quantitative estimate of drug-likeness (QED) is 0.840. The Bertz CT molecular complexity index is 746. The third kappa shape index (κ3) is 4.69. The first-order valence-electron chi connectivity index (χ1n) is 8.51. The average molecular weight is 360 g/mol. The smallest absolute Gasteiger partial charge is 0.317 e. The molecule has 2 aromatic rings. The Morgan fingerprint density at radius 1 is 1.28 bits per heavy atom. The number of hydrogen-bond acceptors (Lipinski definition) is 4. The van der Waals surface area contributed by atoms with Crippen LogP contribution >= 0.6 is 11.6 Å². The summed E-state index contributed by atoms with van der Waals surface area (Å²) in [7, 11) is 0. The van der Waals surface area contributed by atoms with Crippen molar-refractivity contribution in [2.24, 2.45) is 0 Å². The Labute approximate surface area is 153 Å². The van der Waals surface area contributed by atoms with Crippen molar-refractivity contribution in [2.45, 2.75) is 39.2 Å². The van der Waals surface area contributed by atoms with Crippen molar-refractivity contribution in [2.75, 3.05) is 13.1 Å². The maximum Gasteiger partial charge on any atom is 0.317 e. The molecule has 1 aliphatic rings. The molecule has 1 amide bonds. The van der Waals surface area contributed by atoms with Crippen LogP contribution in [0.1, 0.15) is 29.8 Å². The van der Waals surface area contributed by atoms with E-state index in [-0.39, 0.29) is 12.0 Å². The third-order valence-corrected chi connectivity index (χ3v) is 4.63. The Balaban J connectivity index is 1.62. The molecule has 0 bridgehead atoms. The van der Waals surface area contributed by atoms with Gasteiger partial charge in [-0.05, 0) is 44.4 Å². The topological polar surface area (TPSA) is 55.3 Å². The molecule has 1 atom stereocenters. The fourth-order valence-electron chi connectivity index (χ4n) is 3.07. The number of carbonyl (C=O) groups excluding carboxylic acids is 1. The van der Waals surface area contributed by atoms with E-state index < -0.39 is 0 Å². The molecule has 1 aliphatic heterocycles. The second-order valence-electron chi connectivity index (χ2n) is 6.42. The average Bonchev–Trinajstić information content (AvgIpc) is 2.56. The number of piperidine rings is 1. The van der Waals surface area contributed by atoms with E-state index in [1.807, 2.05) is 49.1 Å². The van der Waals surface area contributed by atoms with Crippen LogP contribution in [0.5, 0.6) is 6.01 Å². The van der Waals surface area contributed by atoms with Crippen LogP contribution in [0.3, 0.4) is 0 Å². The van der Waals surface area contributed by atoms with Crippen LogP contribution in [-0.4, -0.2) is 40.0 Å². The number of amides is 1. The van der Waals surface area contributed by atoms with Gasteiger partial charge in [0.2, 0.25) is 5.91 Å². The van der Waals surface area contributed by atoms with Crippen molar-refractivity contribution in [3.63, 3.8) is 0 Å². The van der Waals surface area contributed by atoms with E-state index >= 15 is 0 Å². The van der Waals surface area contributed by atoms with Crippen LogP contribution in [0.4, 0.5) is 0 Å². The van der Waals surface area contributed by atoms with Gasteiger partial charge in [0.1, 0.15) is 6.10 Å². The number of aryl methyl sites for hydroxylation is 2. The Hall–Kier alpha value is -2.14. The number of likely N-dealkylation sites (tertiary alicyclic amines) is 1. The first kappa shape index (κ1) is 17.7. The molecule has 132 valence electrons. The zero-order valence-corrected chi connectivity index (χ0v) is 15.3. The minimum Gasteiger partial charge on any atom is -0.458 e. The van der Waals surface area contributed by atoms with E-state index in [1.54, 1.807) is 0 Å². The molecule has 1 aromatic heterocycles. The summed E-state index contributed by atoms with van der Waals surface area (Å²) in [5.74, 6) is 0.0720. The van der Waals surface area contributed by atoms with Crippen molar-refractivity contribution in [1.82, 2.24) is 14.9 Å². The summed E-state index contributed by atoms with van der Waals surface area (Å²) in [5, 5.41) is 0.629. The molecule has 6 heteroatoms. The third-order valence-electron chi connectivity index (χ3n) is 4.26. The molecule has 1 fully saturated rings. The Morgan fingerprint density at radius 2 is 2.00 bits per heavy atom. The van der Waals surface area contributed by atoms with E-state index in [0.717, 1.165) is 36.3 Å². The van der Waals surface area contributed by atoms with E-state index in [4.69, 9.17) is 16.3 Å². The zero-order valence-electron chi connectivity index (χ0n) is 14.5. The van der Waals surface area contributed by atoms with Crippen LogP contribution in [0.25, 0.3) is 0 Å². The van der Waals surface area contributed by atoms with Crippen molar-refractivity contribution in [1.29, 1.82) is 0 Å². The van der Waals surface area contributed by atoms with Crippen LogP contribution in [-0.2, 0) is 11.2 Å². The zero-order chi connectivity index (χ0) is 17.8. The molecular formula is C19H22ClN3O2. The van der Waals surface area contributed by atoms with Gasteiger partial charge in [0.15, 0.2) is 0 Å². The van der Waals surface area contributed by atoms with Gasteiger partial charge in [0.05, 0.1) is 13.0 Å². The second kappa shape index (κ2) is 7.83. The van der Waals surface area contributed by atoms with Crippen LogP contribution in [0.15, 0.2) is 30.3 Å². The number of rotatable bonds is 4. The lowest BCUT2D eigenvalue weighted by molar-refractivity contribution is -0.133. The molecule has 5 nitrogen and oxygen atoms in total. The molecule has 25 heavy (non-hydrogen) atoms. The predicted molar refractivity (Wildman–Crippen MR) is 96.9 cm³/mol. The molecule has 0 spiro atoms. The highest BCUT2D eigenvalue weighted by Crippen LogP contribution is 2.20. The summed E-state index contributed by atoms with van der Waals surface area (Å²) >= 11 is 6.16. The fraction of sp³-hybridized carbons (Fsp3) is 0.421. The van der Waals surface area contributed by atoms with Gasteiger partial charge in [-0.1, -0.05) is 29.8 Å². The van der Waals surface area contributed by atoms with Gasteiger partial charge in [-0.15, -0.1) is 0 Å². The summed E-state index contributed by atoms with van der Waals surface area (Å²) in [6, 6.07) is 9.76. The predicted octanol–water partition coefficient (Wildman–Crippen LogP) is 3.36. The van der Waals surface area contributed by atoms with Gasteiger partial charge in [-0.3, -0.25) is 4.79 Å². The lowest BCUT2D eigenvalue weighted by Crippen LogP contribution is -2.45. The van der Waals surface area contributed by atoms with Crippen molar-refractivity contribution >= 4 is 17.5 Å². The number of halogens is 1. The highest BCUT2D eigenvalue weighted by Gasteiger charge is 2.26. The van der Waals surface area contributed by atoms with Gasteiger partial charge in [0, 0.05) is 23.0 Å². The van der Waals surface area contributed by atoms with Crippen LogP contribution in [0, 0.1) is 13.8 Å². The summed E-state index contributed by atoms with van der Waals surface area (Å²) in [4.78, 5) is 23.1. The molecule has 1 aromatic carbocycles. The monoisotopic (exact) mass is 359 g/mol. The lowest BCUT2D eigenvalue weighted by Gasteiger charge is -2.32. The Morgan fingerprint density at radius 3 is 2.72 bits per heavy atom. The normalized spacial score (nSPS) is 17.4. The number of aromatic nitrogens is 2. The molecule has 1 unspecified atom stereocenters. The summed E-state index contributed by atoms with van der Waals surface area (Å²) < 4.78 is 5.93. The summed E-state index contributed by atoms with van der Waals surface area (Å²) in [6.45, 7) is 5.14. The maximum absolute atomic E-state index is 12.6. The number of nitrogens with zero attached hydrogens (tertiary/aromatic N) is 3. The number of benzene rings is 1. The lowest BCUT2D eigenvalue weighted by atomic mass is 10.1. The van der Waals surface area contributed by atoms with Gasteiger partial charge in [-0.2, -0.15) is 0 Å². The largest absolute Gasteiger partial charge is 0.458 e. The standard InChI is InChI=1S/C19H22ClN3O2/c1-13-10-14(2)22-19(21-13)25-16-7-5-9-23(12-16)18(24)11-15-6-3-4-8-17(15)20/h3-4,6,8,10,16H,5,7,9,11-12H2,1-2H3. The van der Waals surface area contributed by atoms with Gasteiger partial charge >= 0.3 is 6.01 Å². The first-order chi connectivity index (χ1) is 12.0. The SMILES string of the molecule is Cc1cc(C)nc(OC2CCCN(C(=O)Cc3ccccc3Cl)C2)n1. The van der Waals surface area contributed by atoms with Gasteiger partial charge < -0.3 is 9.64 Å². The highest BCUT2D eigenvalue weighted by molar-refractivity contribution is 6.31. The van der Waals surface area contributed by atoms with Crippen molar-refractivity contribution in [3.05, 3.63) is 52.3 Å². The first-order valence-corrected chi connectivity index (χ1v) is 8.89. The molecular weight excluding hydrogens is 338 g/mol. The number of hydrogen-bond donors (Lipinski definition) is 0. The molecule has 0 radical (unpaired) electrons. The molecule has 0 aliphatic carbocycles. The van der Waals surface area contributed by atoms with E-state index in [1.165, 1.54) is 0 Å². The minimum absolute atomic E-state index is 0.0720. The van der Waals surface area contributed by atoms with Crippen molar-refractivity contribution in [3.8, 4) is 6.01 Å². The van der Waals surface area contributed by atoms with E-state index in [0.29, 0.717) is 24.0 Å². The van der Waals surface area contributed by atoms with Gasteiger partial charge in [-0.25, -0.2) is 9.97 Å². The summed E-state index contributed by atoms with van der Waals surface area (Å²) in [5.41, 5.74) is 2.62. The fourth-order valence-corrected chi connectivity index (χ4v) is 3.28. The molecule has 0 saturated carbocycles. The van der Waals surface area contributed by atoms with Crippen LogP contribution < -0.4 is 4.74 Å². The van der Waals surface area contributed by atoms with Crippen LogP contribution in [0.2, 0.25) is 5.02 Å². The van der Waals surface area contributed by atoms with E-state index in [9.17, 15) is 4.79 Å². The summed E-state index contributed by atoms with van der Waals surface area (Å²) in [6.07, 6.45) is 2.03. The second-order valence-corrected chi connectivity index (χ2v) is 6.83. The van der Waals surface area contributed by atoms with E-state index in [2.05, 4.69) is 9.97 Å². The van der Waals surface area contributed by atoms with Gasteiger partial charge in [0.25, 0.3) is 0 Å². The number of ether oxygens (including phenoxy) is 1. The minimum atomic E-state index is -0.0786. The highest BCUT2D eigenvalue weighted by atomic mass is 35.5. The molecule has 0 N–H and O–H groups in total. The molecule has 3 rings (SSSR count). The molecule has 1 saturated heterocycles. The Kier molecular flexibility index (Phi) is 5.53. The number of carbonyl (C=O) groups is 1. The molecule has 2 heterocycles. The maximum atomic E-state index is 12.6.